The Hall–Kier alpha value is -3.21. The first kappa shape index (κ1) is 16.3. The lowest BCUT2D eigenvalue weighted by Gasteiger charge is -2.16. The third kappa shape index (κ3) is 3.57. The smallest absolute Gasteiger partial charge is 0.163 e. The van der Waals surface area contributed by atoms with Gasteiger partial charge in [0.05, 0.1) is 11.8 Å². The lowest BCUT2D eigenvalue weighted by Crippen LogP contribution is -2.17. The fraction of sp³-hybridized carbons (Fsp3) is 0.190. The summed E-state index contributed by atoms with van der Waals surface area (Å²) < 4.78 is 5.42. The molecule has 0 aliphatic carbocycles. The van der Waals surface area contributed by atoms with Crippen molar-refractivity contribution in [3.8, 4) is 11.4 Å². The normalized spacial score (nSPS) is 12.2. The second-order valence-corrected chi connectivity index (χ2v) is 6.32. The van der Waals surface area contributed by atoms with Crippen LogP contribution in [-0.2, 0) is 6.42 Å². The van der Waals surface area contributed by atoms with Crippen LogP contribution in [-0.4, -0.2) is 21.0 Å². The molecule has 1 N–H and O–H groups in total. The van der Waals surface area contributed by atoms with Crippen molar-refractivity contribution in [2.45, 2.75) is 25.8 Å². The molecule has 130 valence electrons. The maximum atomic E-state index is 5.42. The lowest BCUT2D eigenvalue weighted by molar-refractivity contribution is 0.495. The highest BCUT2D eigenvalue weighted by Crippen LogP contribution is 2.25. The highest BCUT2D eigenvalue weighted by Gasteiger charge is 2.12. The number of para-hydroxylation sites is 1. The van der Waals surface area contributed by atoms with Gasteiger partial charge in [0.25, 0.3) is 0 Å². The molecule has 0 unspecified atom stereocenters. The minimum absolute atomic E-state index is 0.250. The van der Waals surface area contributed by atoms with Crippen LogP contribution in [0.4, 0.5) is 5.82 Å². The number of hydrogen-bond acceptors (Lipinski definition) is 5. The van der Waals surface area contributed by atoms with E-state index in [1.54, 1.807) is 18.7 Å². The van der Waals surface area contributed by atoms with E-state index < -0.39 is 0 Å². The van der Waals surface area contributed by atoms with Crippen molar-refractivity contribution in [1.82, 2.24) is 15.0 Å². The fourth-order valence-corrected chi connectivity index (χ4v) is 2.93. The largest absolute Gasteiger partial charge is 0.469 e. The van der Waals surface area contributed by atoms with E-state index in [-0.39, 0.29) is 6.04 Å². The predicted octanol–water partition coefficient (Wildman–Crippen LogP) is 4.72. The lowest BCUT2D eigenvalue weighted by atomic mass is 10.1. The molecule has 0 amide bonds. The number of rotatable bonds is 6. The van der Waals surface area contributed by atoms with Gasteiger partial charge in [-0.15, -0.1) is 0 Å². The van der Waals surface area contributed by atoms with Crippen LogP contribution in [0.2, 0.25) is 0 Å². The Morgan fingerprint density at radius 2 is 1.96 bits per heavy atom. The van der Waals surface area contributed by atoms with Crippen molar-refractivity contribution < 1.29 is 4.42 Å². The molecule has 0 bridgehead atoms. The second kappa shape index (κ2) is 7.35. The average Bonchev–Trinajstić information content (AvgIpc) is 3.21. The third-order valence-corrected chi connectivity index (χ3v) is 4.31. The van der Waals surface area contributed by atoms with Crippen LogP contribution < -0.4 is 5.32 Å². The molecule has 0 spiro atoms. The second-order valence-electron chi connectivity index (χ2n) is 6.32. The summed E-state index contributed by atoms with van der Waals surface area (Å²) in [5.74, 6) is 2.53. The molecule has 5 nitrogen and oxygen atoms in total. The summed E-state index contributed by atoms with van der Waals surface area (Å²) in [5, 5.41) is 4.56. The topological polar surface area (TPSA) is 63.8 Å². The highest BCUT2D eigenvalue weighted by atomic mass is 16.3. The van der Waals surface area contributed by atoms with E-state index in [0.717, 1.165) is 40.9 Å². The molecule has 26 heavy (non-hydrogen) atoms. The summed E-state index contributed by atoms with van der Waals surface area (Å²) in [6.07, 6.45) is 7.09. The predicted molar refractivity (Wildman–Crippen MR) is 103 cm³/mol. The molecule has 0 saturated heterocycles. The molecule has 0 aliphatic heterocycles. The highest BCUT2D eigenvalue weighted by molar-refractivity contribution is 5.90. The quantitative estimate of drug-likeness (QED) is 0.548. The molecule has 0 fully saturated rings. The van der Waals surface area contributed by atoms with Gasteiger partial charge in [-0.05, 0) is 49.7 Å². The molecule has 0 radical (unpaired) electrons. The Balaban J connectivity index is 1.62. The van der Waals surface area contributed by atoms with Gasteiger partial charge < -0.3 is 9.73 Å². The van der Waals surface area contributed by atoms with Gasteiger partial charge in [-0.25, -0.2) is 9.97 Å². The first-order chi connectivity index (χ1) is 12.8. The molecular formula is C21H20N4O. The van der Waals surface area contributed by atoms with Crippen LogP contribution in [0.25, 0.3) is 22.3 Å². The molecule has 0 saturated carbocycles. The zero-order valence-electron chi connectivity index (χ0n) is 14.6. The fourth-order valence-electron chi connectivity index (χ4n) is 2.93. The molecule has 3 aromatic heterocycles. The van der Waals surface area contributed by atoms with Crippen molar-refractivity contribution in [1.29, 1.82) is 0 Å². The first-order valence-corrected chi connectivity index (χ1v) is 8.76. The van der Waals surface area contributed by atoms with E-state index in [9.17, 15) is 0 Å². The van der Waals surface area contributed by atoms with Crippen molar-refractivity contribution in [3.05, 3.63) is 72.9 Å². The first-order valence-electron chi connectivity index (χ1n) is 8.76. The third-order valence-electron chi connectivity index (χ3n) is 4.31. The Kier molecular flexibility index (Phi) is 4.60. The van der Waals surface area contributed by atoms with Crippen LogP contribution in [0.5, 0.6) is 0 Å². The van der Waals surface area contributed by atoms with E-state index in [1.165, 1.54) is 0 Å². The van der Waals surface area contributed by atoms with Crippen molar-refractivity contribution in [3.63, 3.8) is 0 Å². The molecule has 3 heterocycles. The van der Waals surface area contributed by atoms with Gasteiger partial charge in [-0.2, -0.15) is 0 Å². The zero-order chi connectivity index (χ0) is 17.8. The van der Waals surface area contributed by atoms with Crippen LogP contribution in [0.1, 0.15) is 19.1 Å². The van der Waals surface area contributed by atoms with Gasteiger partial charge in [0.1, 0.15) is 11.6 Å². The molecule has 1 atom stereocenters. The Bertz CT molecular complexity index is 984. The number of furan rings is 1. The molecule has 4 rings (SSSR count). The zero-order valence-corrected chi connectivity index (χ0v) is 14.6. The monoisotopic (exact) mass is 344 g/mol. The van der Waals surface area contributed by atoms with Crippen molar-refractivity contribution >= 4 is 16.7 Å². The number of anilines is 1. The van der Waals surface area contributed by atoms with Crippen LogP contribution >= 0.6 is 0 Å². The summed E-state index contributed by atoms with van der Waals surface area (Å²) in [4.78, 5) is 13.6. The Morgan fingerprint density at radius 1 is 1.04 bits per heavy atom. The summed E-state index contributed by atoms with van der Waals surface area (Å²) in [5.41, 5.74) is 1.83. The molecular weight excluding hydrogens is 324 g/mol. The molecule has 4 aromatic rings. The average molecular weight is 344 g/mol. The van der Waals surface area contributed by atoms with Gasteiger partial charge >= 0.3 is 0 Å². The van der Waals surface area contributed by atoms with Gasteiger partial charge in [0.15, 0.2) is 5.82 Å². The number of fused-ring (bicyclic) bond motifs is 1. The molecule has 0 aliphatic rings. The number of benzene rings is 1. The van der Waals surface area contributed by atoms with E-state index >= 15 is 0 Å². The van der Waals surface area contributed by atoms with Gasteiger partial charge in [0, 0.05) is 35.8 Å². The Morgan fingerprint density at radius 3 is 2.77 bits per heavy atom. The van der Waals surface area contributed by atoms with Crippen LogP contribution in [0, 0.1) is 0 Å². The van der Waals surface area contributed by atoms with E-state index in [0.29, 0.717) is 5.82 Å². The summed E-state index contributed by atoms with van der Waals surface area (Å²) in [7, 11) is 0. The van der Waals surface area contributed by atoms with E-state index in [2.05, 4.69) is 17.2 Å². The van der Waals surface area contributed by atoms with E-state index in [1.807, 2.05) is 48.5 Å². The molecule has 1 aromatic carbocycles. The maximum Gasteiger partial charge on any atom is 0.163 e. The summed E-state index contributed by atoms with van der Waals surface area (Å²) in [6.45, 7) is 2.16. The van der Waals surface area contributed by atoms with Crippen LogP contribution in [0.3, 0.4) is 0 Å². The SMILES string of the molecule is C[C@@H](CCc1ccco1)Nc1nc(-c2cccnc2)nc2ccccc12. The Labute approximate surface area is 152 Å². The summed E-state index contributed by atoms with van der Waals surface area (Å²) in [6, 6.07) is 16.1. The minimum atomic E-state index is 0.250. The van der Waals surface area contributed by atoms with Crippen LogP contribution in [0.15, 0.2) is 71.6 Å². The number of aryl methyl sites for hydroxylation is 1. The van der Waals surface area contributed by atoms with Crippen molar-refractivity contribution in [2.24, 2.45) is 0 Å². The van der Waals surface area contributed by atoms with Gasteiger partial charge in [-0.3, -0.25) is 4.98 Å². The summed E-state index contributed by atoms with van der Waals surface area (Å²) >= 11 is 0. The number of nitrogens with zero attached hydrogens (tertiary/aromatic N) is 3. The van der Waals surface area contributed by atoms with Gasteiger partial charge in [-0.1, -0.05) is 12.1 Å². The van der Waals surface area contributed by atoms with Crippen molar-refractivity contribution in [2.75, 3.05) is 5.32 Å². The number of aromatic nitrogens is 3. The standard InChI is InChI=1S/C21H20N4O/c1-15(10-11-17-7-5-13-26-17)23-21-18-8-2-3-9-19(18)24-20(25-21)16-6-4-12-22-14-16/h2-9,12-15H,10-11H2,1H3,(H,23,24,25)/t15-/m0/s1. The number of nitrogens with one attached hydrogen (secondary N) is 1. The van der Waals surface area contributed by atoms with E-state index in [4.69, 9.17) is 14.4 Å². The van der Waals surface area contributed by atoms with Gasteiger partial charge in [0.2, 0.25) is 0 Å². The number of pyridine rings is 1. The molecule has 5 heteroatoms. The maximum absolute atomic E-state index is 5.42. The number of hydrogen-bond donors (Lipinski definition) is 1. The minimum Gasteiger partial charge on any atom is -0.469 e.